The molecular weight excluding hydrogens is 192 g/mol. The normalized spacial score (nSPS) is 11.4. The SMILES string of the molecule is CC/C(=C\c1ccccc1)c1ccccc1. The summed E-state index contributed by atoms with van der Waals surface area (Å²) in [7, 11) is 0. The standard InChI is InChI=1S/C16H16/c1-2-15(16-11-7-4-8-12-16)13-14-9-5-3-6-10-14/h3-13H,2H2,1H3/b15-13+. The van der Waals surface area contributed by atoms with Crippen LogP contribution in [0.1, 0.15) is 24.5 Å². The monoisotopic (exact) mass is 208 g/mol. The molecule has 80 valence electrons. The van der Waals surface area contributed by atoms with Gasteiger partial charge < -0.3 is 0 Å². The maximum absolute atomic E-state index is 2.26. The second kappa shape index (κ2) is 5.32. The zero-order valence-corrected chi connectivity index (χ0v) is 9.56. The number of benzene rings is 2. The molecule has 16 heavy (non-hydrogen) atoms. The summed E-state index contributed by atoms with van der Waals surface area (Å²) in [6.07, 6.45) is 3.31. The lowest BCUT2D eigenvalue weighted by atomic mass is 10.0. The molecule has 0 bridgehead atoms. The van der Waals surface area contributed by atoms with Crippen LogP contribution in [0.5, 0.6) is 0 Å². The molecule has 0 radical (unpaired) electrons. The van der Waals surface area contributed by atoms with E-state index in [1.165, 1.54) is 16.7 Å². The molecule has 0 unspecified atom stereocenters. The first-order valence-corrected chi connectivity index (χ1v) is 5.71. The Hall–Kier alpha value is -1.82. The van der Waals surface area contributed by atoms with Crippen LogP contribution < -0.4 is 0 Å². The van der Waals surface area contributed by atoms with Gasteiger partial charge in [-0.05, 0) is 23.1 Å². The minimum Gasteiger partial charge on any atom is -0.0622 e. The van der Waals surface area contributed by atoms with Gasteiger partial charge in [0.25, 0.3) is 0 Å². The van der Waals surface area contributed by atoms with Crippen LogP contribution in [0.4, 0.5) is 0 Å². The Morgan fingerprint density at radius 3 is 2.00 bits per heavy atom. The fraction of sp³-hybridized carbons (Fsp3) is 0.125. The Bertz CT molecular complexity index is 452. The van der Waals surface area contributed by atoms with E-state index >= 15 is 0 Å². The largest absolute Gasteiger partial charge is 0.0622 e. The van der Waals surface area contributed by atoms with Crippen molar-refractivity contribution in [2.45, 2.75) is 13.3 Å². The first kappa shape index (κ1) is 10.7. The molecule has 0 spiro atoms. The molecule has 0 aliphatic carbocycles. The van der Waals surface area contributed by atoms with Crippen molar-refractivity contribution in [3.8, 4) is 0 Å². The van der Waals surface area contributed by atoms with E-state index in [1.54, 1.807) is 0 Å². The molecule has 0 amide bonds. The molecule has 0 nitrogen and oxygen atoms in total. The van der Waals surface area contributed by atoms with Gasteiger partial charge in [0.05, 0.1) is 0 Å². The molecule has 2 aromatic carbocycles. The van der Waals surface area contributed by atoms with E-state index in [2.05, 4.69) is 67.6 Å². The van der Waals surface area contributed by atoms with Gasteiger partial charge in [0.2, 0.25) is 0 Å². The average Bonchev–Trinajstić information content (AvgIpc) is 2.38. The third-order valence-corrected chi connectivity index (χ3v) is 2.67. The summed E-state index contributed by atoms with van der Waals surface area (Å²) in [5, 5.41) is 0. The quantitative estimate of drug-likeness (QED) is 0.645. The van der Waals surface area contributed by atoms with Crippen LogP contribution in [0, 0.1) is 0 Å². The minimum atomic E-state index is 1.05. The molecule has 0 aromatic heterocycles. The topological polar surface area (TPSA) is 0 Å². The van der Waals surface area contributed by atoms with Gasteiger partial charge in [0.1, 0.15) is 0 Å². The van der Waals surface area contributed by atoms with E-state index in [0.717, 1.165) is 6.42 Å². The van der Waals surface area contributed by atoms with E-state index in [-0.39, 0.29) is 0 Å². The molecule has 0 N–H and O–H groups in total. The summed E-state index contributed by atoms with van der Waals surface area (Å²) in [5.41, 5.74) is 3.96. The molecule has 0 heterocycles. The van der Waals surface area contributed by atoms with Crippen molar-refractivity contribution in [2.75, 3.05) is 0 Å². The molecule has 0 heteroatoms. The van der Waals surface area contributed by atoms with Gasteiger partial charge in [0.15, 0.2) is 0 Å². The van der Waals surface area contributed by atoms with Crippen LogP contribution in [0.25, 0.3) is 11.6 Å². The van der Waals surface area contributed by atoms with Gasteiger partial charge >= 0.3 is 0 Å². The Morgan fingerprint density at radius 2 is 1.44 bits per heavy atom. The second-order valence-electron chi connectivity index (χ2n) is 3.80. The van der Waals surface area contributed by atoms with Gasteiger partial charge in [-0.3, -0.25) is 0 Å². The van der Waals surface area contributed by atoms with Crippen molar-refractivity contribution in [3.05, 3.63) is 71.8 Å². The van der Waals surface area contributed by atoms with E-state index in [0.29, 0.717) is 0 Å². The highest BCUT2D eigenvalue weighted by molar-refractivity contribution is 5.81. The molecule has 0 aliphatic heterocycles. The molecule has 2 aromatic rings. The molecule has 0 fully saturated rings. The Kier molecular flexibility index (Phi) is 3.55. The molecule has 0 aliphatic rings. The highest BCUT2D eigenvalue weighted by Gasteiger charge is 1.97. The predicted octanol–water partition coefficient (Wildman–Crippen LogP) is 4.64. The van der Waals surface area contributed by atoms with Crippen molar-refractivity contribution in [1.29, 1.82) is 0 Å². The lowest BCUT2D eigenvalue weighted by molar-refractivity contribution is 1.25. The Labute approximate surface area is 97.3 Å². The number of allylic oxidation sites excluding steroid dienone is 1. The zero-order valence-electron chi connectivity index (χ0n) is 9.56. The van der Waals surface area contributed by atoms with Crippen LogP contribution in [0.3, 0.4) is 0 Å². The van der Waals surface area contributed by atoms with Gasteiger partial charge in [-0.25, -0.2) is 0 Å². The zero-order chi connectivity index (χ0) is 11.2. The van der Waals surface area contributed by atoms with E-state index < -0.39 is 0 Å². The van der Waals surface area contributed by atoms with E-state index in [1.807, 2.05) is 6.07 Å². The van der Waals surface area contributed by atoms with Crippen LogP contribution in [-0.4, -0.2) is 0 Å². The number of rotatable bonds is 3. The molecule has 0 atom stereocenters. The van der Waals surface area contributed by atoms with Crippen LogP contribution >= 0.6 is 0 Å². The van der Waals surface area contributed by atoms with E-state index in [9.17, 15) is 0 Å². The number of hydrogen-bond acceptors (Lipinski definition) is 0. The molecular formula is C16H16. The molecule has 2 rings (SSSR count). The second-order valence-corrected chi connectivity index (χ2v) is 3.80. The fourth-order valence-electron chi connectivity index (χ4n) is 1.79. The number of hydrogen-bond donors (Lipinski definition) is 0. The van der Waals surface area contributed by atoms with Gasteiger partial charge in [0, 0.05) is 0 Å². The fourth-order valence-corrected chi connectivity index (χ4v) is 1.79. The van der Waals surface area contributed by atoms with Gasteiger partial charge in [-0.1, -0.05) is 73.7 Å². The maximum atomic E-state index is 2.26. The third kappa shape index (κ3) is 2.60. The van der Waals surface area contributed by atoms with Crippen LogP contribution in [-0.2, 0) is 0 Å². The summed E-state index contributed by atoms with van der Waals surface area (Å²) in [5.74, 6) is 0. The summed E-state index contributed by atoms with van der Waals surface area (Å²) >= 11 is 0. The van der Waals surface area contributed by atoms with E-state index in [4.69, 9.17) is 0 Å². The lowest BCUT2D eigenvalue weighted by Crippen LogP contribution is -1.82. The summed E-state index contributed by atoms with van der Waals surface area (Å²) in [4.78, 5) is 0. The molecule has 0 saturated heterocycles. The first-order valence-electron chi connectivity index (χ1n) is 5.71. The maximum Gasteiger partial charge on any atom is -0.0224 e. The first-order chi connectivity index (χ1) is 7.90. The summed E-state index contributed by atoms with van der Waals surface area (Å²) < 4.78 is 0. The smallest absolute Gasteiger partial charge is 0.0224 e. The van der Waals surface area contributed by atoms with Gasteiger partial charge in [-0.15, -0.1) is 0 Å². The van der Waals surface area contributed by atoms with Crippen LogP contribution in [0.2, 0.25) is 0 Å². The lowest BCUT2D eigenvalue weighted by Gasteiger charge is -2.04. The highest BCUT2D eigenvalue weighted by Crippen LogP contribution is 2.20. The Balaban J connectivity index is 2.34. The molecule has 0 saturated carbocycles. The van der Waals surface area contributed by atoms with Crippen molar-refractivity contribution in [1.82, 2.24) is 0 Å². The van der Waals surface area contributed by atoms with Gasteiger partial charge in [-0.2, -0.15) is 0 Å². The van der Waals surface area contributed by atoms with Crippen LogP contribution in [0.15, 0.2) is 60.7 Å². The van der Waals surface area contributed by atoms with Crippen molar-refractivity contribution >= 4 is 11.6 Å². The highest BCUT2D eigenvalue weighted by atomic mass is 14.0. The van der Waals surface area contributed by atoms with Crippen molar-refractivity contribution < 1.29 is 0 Å². The van der Waals surface area contributed by atoms with Crippen molar-refractivity contribution in [3.63, 3.8) is 0 Å². The third-order valence-electron chi connectivity index (χ3n) is 2.67. The Morgan fingerprint density at radius 1 is 0.875 bits per heavy atom. The summed E-state index contributed by atoms with van der Waals surface area (Å²) in [6.45, 7) is 2.20. The summed E-state index contributed by atoms with van der Waals surface area (Å²) in [6, 6.07) is 21.0. The average molecular weight is 208 g/mol. The van der Waals surface area contributed by atoms with Crippen molar-refractivity contribution in [2.24, 2.45) is 0 Å². The minimum absolute atomic E-state index is 1.05. The predicted molar refractivity (Wildman–Crippen MR) is 71.0 cm³/mol.